The molecule has 0 spiro atoms. The minimum absolute atomic E-state index is 0.137. The van der Waals surface area contributed by atoms with Crippen molar-refractivity contribution in [2.45, 2.75) is 13.5 Å². The molecule has 0 fully saturated rings. The van der Waals surface area contributed by atoms with Gasteiger partial charge in [0.15, 0.2) is 0 Å². The van der Waals surface area contributed by atoms with Crippen LogP contribution >= 0.6 is 23.2 Å². The normalized spacial score (nSPS) is 10.5. The van der Waals surface area contributed by atoms with Crippen LogP contribution in [0.25, 0.3) is 0 Å². The molecule has 0 atom stereocenters. The number of anilines is 1. The zero-order chi connectivity index (χ0) is 15.6. The van der Waals surface area contributed by atoms with Gasteiger partial charge in [-0.3, -0.25) is 4.79 Å². The van der Waals surface area contributed by atoms with E-state index >= 15 is 0 Å². The van der Waals surface area contributed by atoms with E-state index in [0.717, 1.165) is 11.1 Å². The SMILES string of the molecule is Cc1ccc(N)c(C(=O)N(C)Cc2ccc(Cl)cc2Cl)c1. The lowest BCUT2D eigenvalue weighted by molar-refractivity contribution is 0.0786. The average Bonchev–Trinajstić information content (AvgIpc) is 2.43. The number of nitrogens with two attached hydrogens (primary N) is 1. The highest BCUT2D eigenvalue weighted by atomic mass is 35.5. The molecule has 0 aliphatic carbocycles. The summed E-state index contributed by atoms with van der Waals surface area (Å²) in [6.07, 6.45) is 0. The zero-order valence-electron chi connectivity index (χ0n) is 11.9. The van der Waals surface area contributed by atoms with Crippen molar-refractivity contribution in [1.29, 1.82) is 0 Å². The molecule has 0 heterocycles. The Kier molecular flexibility index (Phi) is 4.76. The van der Waals surface area contributed by atoms with E-state index in [1.54, 1.807) is 36.2 Å². The van der Waals surface area contributed by atoms with Crippen molar-refractivity contribution in [3.63, 3.8) is 0 Å². The van der Waals surface area contributed by atoms with E-state index in [2.05, 4.69) is 0 Å². The highest BCUT2D eigenvalue weighted by Gasteiger charge is 2.16. The number of halogens is 2. The number of nitrogen functional groups attached to an aromatic ring is 1. The number of aryl methyl sites for hydroxylation is 1. The molecule has 0 radical (unpaired) electrons. The predicted molar refractivity (Wildman–Crippen MR) is 87.9 cm³/mol. The largest absolute Gasteiger partial charge is 0.398 e. The smallest absolute Gasteiger partial charge is 0.255 e. The first-order valence-corrected chi connectivity index (χ1v) is 7.19. The van der Waals surface area contributed by atoms with Gasteiger partial charge >= 0.3 is 0 Å². The lowest BCUT2D eigenvalue weighted by Crippen LogP contribution is -2.27. The van der Waals surface area contributed by atoms with Gasteiger partial charge in [0.05, 0.1) is 5.56 Å². The molecule has 1 amide bonds. The van der Waals surface area contributed by atoms with Gasteiger partial charge in [-0.25, -0.2) is 0 Å². The van der Waals surface area contributed by atoms with Gasteiger partial charge in [0, 0.05) is 29.3 Å². The highest BCUT2D eigenvalue weighted by Crippen LogP contribution is 2.23. The number of nitrogens with zero attached hydrogens (tertiary/aromatic N) is 1. The maximum Gasteiger partial charge on any atom is 0.255 e. The number of hydrogen-bond donors (Lipinski definition) is 1. The molecule has 110 valence electrons. The Morgan fingerprint density at radius 2 is 1.90 bits per heavy atom. The van der Waals surface area contributed by atoms with Crippen molar-refractivity contribution in [2.24, 2.45) is 0 Å². The first-order valence-electron chi connectivity index (χ1n) is 6.44. The number of rotatable bonds is 3. The molecule has 2 aromatic carbocycles. The van der Waals surface area contributed by atoms with Crippen LogP contribution in [-0.4, -0.2) is 17.9 Å². The minimum Gasteiger partial charge on any atom is -0.398 e. The van der Waals surface area contributed by atoms with Gasteiger partial charge in [0.25, 0.3) is 5.91 Å². The van der Waals surface area contributed by atoms with Crippen LogP contribution in [0.5, 0.6) is 0 Å². The standard InChI is InChI=1S/C16H16Cl2N2O/c1-10-3-6-15(19)13(7-10)16(21)20(2)9-11-4-5-12(17)8-14(11)18/h3-8H,9,19H2,1-2H3. The Morgan fingerprint density at radius 1 is 1.19 bits per heavy atom. The Morgan fingerprint density at radius 3 is 2.57 bits per heavy atom. The summed E-state index contributed by atoms with van der Waals surface area (Å²) in [5.41, 5.74) is 8.68. The summed E-state index contributed by atoms with van der Waals surface area (Å²) < 4.78 is 0. The highest BCUT2D eigenvalue weighted by molar-refractivity contribution is 6.35. The number of benzene rings is 2. The molecule has 0 bridgehead atoms. The molecule has 0 aromatic heterocycles. The molecule has 21 heavy (non-hydrogen) atoms. The number of carbonyl (C=O) groups is 1. The van der Waals surface area contributed by atoms with Crippen LogP contribution in [0.15, 0.2) is 36.4 Å². The Bertz CT molecular complexity index is 686. The van der Waals surface area contributed by atoms with Crippen LogP contribution in [0.4, 0.5) is 5.69 Å². The molecule has 0 saturated heterocycles. The molecular formula is C16H16Cl2N2O. The second-order valence-electron chi connectivity index (χ2n) is 4.99. The summed E-state index contributed by atoms with van der Waals surface area (Å²) in [7, 11) is 1.72. The van der Waals surface area contributed by atoms with Gasteiger partial charge in [-0.1, -0.05) is 40.9 Å². The van der Waals surface area contributed by atoms with Crippen LogP contribution in [-0.2, 0) is 6.54 Å². The van der Waals surface area contributed by atoms with Crippen molar-refractivity contribution in [3.8, 4) is 0 Å². The molecule has 2 rings (SSSR count). The number of hydrogen-bond acceptors (Lipinski definition) is 2. The topological polar surface area (TPSA) is 46.3 Å². The van der Waals surface area contributed by atoms with E-state index in [9.17, 15) is 4.79 Å². The van der Waals surface area contributed by atoms with Crippen molar-refractivity contribution >= 4 is 34.8 Å². The number of carbonyl (C=O) groups excluding carboxylic acids is 1. The van der Waals surface area contributed by atoms with E-state index in [4.69, 9.17) is 28.9 Å². The Balaban J connectivity index is 2.21. The van der Waals surface area contributed by atoms with E-state index in [1.165, 1.54) is 0 Å². The molecular weight excluding hydrogens is 307 g/mol. The Hall–Kier alpha value is -1.71. The molecule has 2 N–H and O–H groups in total. The molecule has 5 heteroatoms. The quantitative estimate of drug-likeness (QED) is 0.862. The van der Waals surface area contributed by atoms with Crippen molar-refractivity contribution in [2.75, 3.05) is 12.8 Å². The second kappa shape index (κ2) is 6.37. The average molecular weight is 323 g/mol. The van der Waals surface area contributed by atoms with Crippen LogP contribution in [0.1, 0.15) is 21.5 Å². The van der Waals surface area contributed by atoms with E-state index in [1.807, 2.05) is 19.1 Å². The molecule has 2 aromatic rings. The summed E-state index contributed by atoms with van der Waals surface area (Å²) in [6.45, 7) is 2.31. The third-order valence-electron chi connectivity index (χ3n) is 3.21. The predicted octanol–water partition coefficient (Wildman–Crippen LogP) is 4.16. The summed E-state index contributed by atoms with van der Waals surface area (Å²) in [5, 5.41) is 1.11. The van der Waals surface area contributed by atoms with Gasteiger partial charge < -0.3 is 10.6 Å². The number of amides is 1. The summed E-state index contributed by atoms with van der Waals surface area (Å²) in [4.78, 5) is 14.1. The fourth-order valence-electron chi connectivity index (χ4n) is 2.04. The van der Waals surface area contributed by atoms with E-state index < -0.39 is 0 Å². The summed E-state index contributed by atoms with van der Waals surface area (Å²) in [5.74, 6) is -0.137. The lowest BCUT2D eigenvalue weighted by Gasteiger charge is -2.19. The van der Waals surface area contributed by atoms with E-state index in [0.29, 0.717) is 27.8 Å². The van der Waals surface area contributed by atoms with Crippen molar-refractivity contribution < 1.29 is 4.79 Å². The fourth-order valence-corrected chi connectivity index (χ4v) is 2.51. The molecule has 0 unspecified atom stereocenters. The van der Waals surface area contributed by atoms with Crippen molar-refractivity contribution in [1.82, 2.24) is 4.90 Å². The first-order chi connectivity index (χ1) is 9.88. The minimum atomic E-state index is -0.137. The van der Waals surface area contributed by atoms with Crippen LogP contribution in [0.2, 0.25) is 10.0 Å². The lowest BCUT2D eigenvalue weighted by atomic mass is 10.1. The molecule has 0 aliphatic heterocycles. The summed E-state index contributed by atoms with van der Waals surface area (Å²) >= 11 is 12.0. The summed E-state index contributed by atoms with van der Waals surface area (Å²) in [6, 6.07) is 10.6. The Labute approximate surface area is 134 Å². The van der Waals surface area contributed by atoms with Gasteiger partial charge in [0.2, 0.25) is 0 Å². The van der Waals surface area contributed by atoms with Gasteiger partial charge in [-0.2, -0.15) is 0 Å². The van der Waals surface area contributed by atoms with E-state index in [-0.39, 0.29) is 5.91 Å². The van der Waals surface area contributed by atoms with Gasteiger partial charge in [-0.05, 0) is 36.8 Å². The van der Waals surface area contributed by atoms with Crippen LogP contribution < -0.4 is 5.73 Å². The zero-order valence-corrected chi connectivity index (χ0v) is 13.4. The first kappa shape index (κ1) is 15.7. The molecule has 0 aliphatic rings. The monoisotopic (exact) mass is 322 g/mol. The fraction of sp³-hybridized carbons (Fsp3) is 0.188. The van der Waals surface area contributed by atoms with Crippen LogP contribution in [0.3, 0.4) is 0 Å². The maximum absolute atomic E-state index is 12.5. The van der Waals surface area contributed by atoms with Gasteiger partial charge in [-0.15, -0.1) is 0 Å². The van der Waals surface area contributed by atoms with Crippen molar-refractivity contribution in [3.05, 3.63) is 63.1 Å². The third-order valence-corrected chi connectivity index (χ3v) is 3.80. The van der Waals surface area contributed by atoms with Crippen LogP contribution in [0, 0.1) is 6.92 Å². The third kappa shape index (κ3) is 3.69. The maximum atomic E-state index is 12.5. The molecule has 3 nitrogen and oxygen atoms in total. The molecule has 0 saturated carbocycles. The van der Waals surface area contributed by atoms with Gasteiger partial charge in [0.1, 0.15) is 0 Å². The second-order valence-corrected chi connectivity index (χ2v) is 5.83.